The lowest BCUT2D eigenvalue weighted by Gasteiger charge is -2.15. The van der Waals surface area contributed by atoms with Crippen LogP contribution in [0, 0.1) is 11.3 Å². The standard InChI is InChI=1S/C12H10N2O2/c1-12(16)9(7-13)10(11(15)14-12)8-5-3-2-4-6-8/h2-6,16H,1H3,(H,14,15). The van der Waals surface area contributed by atoms with Crippen LogP contribution in [0.4, 0.5) is 0 Å². The second kappa shape index (κ2) is 3.47. The molecule has 0 saturated heterocycles. The Labute approximate surface area is 92.8 Å². The molecule has 0 radical (unpaired) electrons. The van der Waals surface area contributed by atoms with Gasteiger partial charge in [-0.2, -0.15) is 5.26 Å². The van der Waals surface area contributed by atoms with Crippen molar-refractivity contribution in [1.82, 2.24) is 5.32 Å². The van der Waals surface area contributed by atoms with Crippen LogP contribution in [0.3, 0.4) is 0 Å². The quantitative estimate of drug-likeness (QED) is 0.726. The molecule has 1 aromatic carbocycles. The highest BCUT2D eigenvalue weighted by molar-refractivity contribution is 6.24. The van der Waals surface area contributed by atoms with Gasteiger partial charge in [0, 0.05) is 0 Å². The molecule has 16 heavy (non-hydrogen) atoms. The van der Waals surface area contributed by atoms with Crippen molar-refractivity contribution in [1.29, 1.82) is 5.26 Å². The predicted molar refractivity (Wildman–Crippen MR) is 57.7 cm³/mol. The van der Waals surface area contributed by atoms with E-state index in [-0.39, 0.29) is 11.1 Å². The SMILES string of the molecule is CC1(O)NC(=O)C(c2ccccc2)=C1C#N. The van der Waals surface area contributed by atoms with E-state index in [0.717, 1.165) is 0 Å². The van der Waals surface area contributed by atoms with Crippen LogP contribution in [-0.4, -0.2) is 16.7 Å². The lowest BCUT2D eigenvalue weighted by Crippen LogP contribution is -2.40. The summed E-state index contributed by atoms with van der Waals surface area (Å²) in [4.78, 5) is 11.7. The predicted octanol–water partition coefficient (Wildman–Crippen LogP) is 0.802. The van der Waals surface area contributed by atoms with E-state index >= 15 is 0 Å². The average molecular weight is 214 g/mol. The molecule has 1 amide bonds. The molecule has 1 unspecified atom stereocenters. The van der Waals surface area contributed by atoms with Gasteiger partial charge in [0.2, 0.25) is 0 Å². The lowest BCUT2D eigenvalue weighted by atomic mass is 9.99. The van der Waals surface area contributed by atoms with E-state index in [9.17, 15) is 9.90 Å². The van der Waals surface area contributed by atoms with E-state index in [2.05, 4.69) is 5.32 Å². The number of hydrogen-bond donors (Lipinski definition) is 2. The Morgan fingerprint density at radius 1 is 1.38 bits per heavy atom. The highest BCUT2D eigenvalue weighted by Gasteiger charge is 2.40. The Hall–Kier alpha value is -2.12. The van der Waals surface area contributed by atoms with E-state index in [1.54, 1.807) is 24.3 Å². The van der Waals surface area contributed by atoms with E-state index in [0.29, 0.717) is 5.56 Å². The Morgan fingerprint density at radius 3 is 2.56 bits per heavy atom. The fourth-order valence-corrected chi connectivity index (χ4v) is 1.75. The van der Waals surface area contributed by atoms with Crippen molar-refractivity contribution in [2.24, 2.45) is 0 Å². The Balaban J connectivity index is 2.63. The first-order valence-electron chi connectivity index (χ1n) is 4.81. The second-order valence-electron chi connectivity index (χ2n) is 3.75. The molecule has 2 rings (SSSR count). The van der Waals surface area contributed by atoms with Crippen molar-refractivity contribution in [3.8, 4) is 6.07 Å². The summed E-state index contributed by atoms with van der Waals surface area (Å²) in [7, 11) is 0. The van der Waals surface area contributed by atoms with Crippen LogP contribution in [0.25, 0.3) is 5.57 Å². The number of aliphatic hydroxyl groups is 1. The van der Waals surface area contributed by atoms with Gasteiger partial charge in [-0.3, -0.25) is 4.79 Å². The molecule has 1 atom stereocenters. The zero-order valence-corrected chi connectivity index (χ0v) is 8.69. The van der Waals surface area contributed by atoms with E-state index in [4.69, 9.17) is 5.26 Å². The Bertz CT molecular complexity index is 510. The van der Waals surface area contributed by atoms with Gasteiger partial charge in [0.25, 0.3) is 5.91 Å². The molecule has 1 aliphatic rings. The Kier molecular flexibility index (Phi) is 2.26. The average Bonchev–Trinajstić information content (AvgIpc) is 2.48. The third-order valence-corrected chi connectivity index (χ3v) is 2.50. The summed E-state index contributed by atoms with van der Waals surface area (Å²) >= 11 is 0. The van der Waals surface area contributed by atoms with Crippen LogP contribution in [0.2, 0.25) is 0 Å². The molecule has 0 aliphatic carbocycles. The first kappa shape index (κ1) is 10.4. The molecule has 1 aromatic rings. The molecule has 2 N–H and O–H groups in total. The van der Waals surface area contributed by atoms with Crippen LogP contribution in [0.15, 0.2) is 35.9 Å². The van der Waals surface area contributed by atoms with Gasteiger partial charge in [-0.15, -0.1) is 0 Å². The van der Waals surface area contributed by atoms with Crippen molar-refractivity contribution >= 4 is 11.5 Å². The lowest BCUT2D eigenvalue weighted by molar-refractivity contribution is -0.118. The number of nitrogens with zero attached hydrogens (tertiary/aromatic N) is 1. The summed E-state index contributed by atoms with van der Waals surface area (Å²) in [6, 6.07) is 10.7. The first-order valence-corrected chi connectivity index (χ1v) is 4.81. The molecular weight excluding hydrogens is 204 g/mol. The van der Waals surface area contributed by atoms with Crippen molar-refractivity contribution < 1.29 is 9.90 Å². The highest BCUT2D eigenvalue weighted by Crippen LogP contribution is 2.30. The second-order valence-corrected chi connectivity index (χ2v) is 3.75. The number of benzene rings is 1. The summed E-state index contributed by atoms with van der Waals surface area (Å²) in [6.07, 6.45) is 0. The molecule has 0 bridgehead atoms. The fraction of sp³-hybridized carbons (Fsp3) is 0.167. The molecule has 80 valence electrons. The van der Waals surface area contributed by atoms with Crippen molar-refractivity contribution in [3.05, 3.63) is 41.5 Å². The summed E-state index contributed by atoms with van der Waals surface area (Å²) < 4.78 is 0. The molecule has 4 nitrogen and oxygen atoms in total. The van der Waals surface area contributed by atoms with Gasteiger partial charge in [0.15, 0.2) is 5.72 Å². The molecule has 4 heteroatoms. The molecular formula is C12H10N2O2. The number of nitriles is 1. The van der Waals surface area contributed by atoms with Crippen molar-refractivity contribution in [2.45, 2.75) is 12.6 Å². The van der Waals surface area contributed by atoms with Crippen LogP contribution < -0.4 is 5.32 Å². The molecule has 0 aromatic heterocycles. The third-order valence-electron chi connectivity index (χ3n) is 2.50. The minimum absolute atomic E-state index is 0.0590. The maximum atomic E-state index is 11.7. The molecule has 0 spiro atoms. The normalized spacial score (nSPS) is 24.2. The summed E-state index contributed by atoms with van der Waals surface area (Å²) in [5.74, 6) is -0.423. The fourth-order valence-electron chi connectivity index (χ4n) is 1.75. The number of carbonyl (C=O) groups excluding carboxylic acids is 1. The van der Waals surface area contributed by atoms with Gasteiger partial charge in [-0.25, -0.2) is 0 Å². The van der Waals surface area contributed by atoms with E-state index in [1.807, 2.05) is 12.1 Å². The minimum atomic E-state index is -1.57. The largest absolute Gasteiger partial charge is 0.366 e. The summed E-state index contributed by atoms with van der Waals surface area (Å²) in [5.41, 5.74) is -0.636. The smallest absolute Gasteiger partial charge is 0.255 e. The van der Waals surface area contributed by atoms with Crippen LogP contribution in [-0.2, 0) is 4.79 Å². The number of hydrogen-bond acceptors (Lipinski definition) is 3. The number of nitrogens with one attached hydrogen (secondary N) is 1. The van der Waals surface area contributed by atoms with Crippen LogP contribution in [0.5, 0.6) is 0 Å². The van der Waals surface area contributed by atoms with Gasteiger partial charge in [0.1, 0.15) is 6.07 Å². The van der Waals surface area contributed by atoms with Gasteiger partial charge >= 0.3 is 0 Å². The zero-order chi connectivity index (χ0) is 11.8. The maximum Gasteiger partial charge on any atom is 0.255 e. The van der Waals surface area contributed by atoms with Gasteiger partial charge in [0.05, 0.1) is 11.1 Å². The zero-order valence-electron chi connectivity index (χ0n) is 8.69. The molecule has 1 heterocycles. The van der Waals surface area contributed by atoms with Crippen molar-refractivity contribution in [2.75, 3.05) is 0 Å². The summed E-state index contributed by atoms with van der Waals surface area (Å²) in [5, 5.41) is 21.2. The number of carbonyl (C=O) groups is 1. The minimum Gasteiger partial charge on any atom is -0.366 e. The molecule has 1 aliphatic heterocycles. The van der Waals surface area contributed by atoms with E-state index < -0.39 is 11.6 Å². The Morgan fingerprint density at radius 2 is 2.00 bits per heavy atom. The number of amides is 1. The number of rotatable bonds is 1. The van der Waals surface area contributed by atoms with Gasteiger partial charge in [-0.1, -0.05) is 30.3 Å². The topological polar surface area (TPSA) is 73.1 Å². The third kappa shape index (κ3) is 1.47. The van der Waals surface area contributed by atoms with Gasteiger partial charge in [-0.05, 0) is 12.5 Å². The van der Waals surface area contributed by atoms with Gasteiger partial charge < -0.3 is 10.4 Å². The highest BCUT2D eigenvalue weighted by atomic mass is 16.3. The monoisotopic (exact) mass is 214 g/mol. The van der Waals surface area contributed by atoms with Crippen molar-refractivity contribution in [3.63, 3.8) is 0 Å². The van der Waals surface area contributed by atoms with E-state index in [1.165, 1.54) is 6.92 Å². The molecule has 0 saturated carbocycles. The first-order chi connectivity index (χ1) is 7.56. The van der Waals surface area contributed by atoms with Crippen LogP contribution in [0.1, 0.15) is 12.5 Å². The molecule has 0 fully saturated rings. The maximum absolute atomic E-state index is 11.7. The summed E-state index contributed by atoms with van der Waals surface area (Å²) in [6.45, 7) is 1.39. The van der Waals surface area contributed by atoms with Crippen LogP contribution >= 0.6 is 0 Å².